The Morgan fingerprint density at radius 3 is 3.05 bits per heavy atom. The van der Waals surface area contributed by atoms with Crippen LogP contribution in [-0.4, -0.2) is 23.1 Å². The number of nitrogens with zero attached hydrogens (tertiary/aromatic N) is 1. The number of amides is 1. The zero-order valence-corrected chi connectivity index (χ0v) is 13.1. The first-order valence-electron chi connectivity index (χ1n) is 6.75. The maximum atomic E-state index is 12.3. The van der Waals surface area contributed by atoms with Crippen LogP contribution < -0.4 is 0 Å². The van der Waals surface area contributed by atoms with E-state index in [0.29, 0.717) is 5.75 Å². The molecule has 2 aromatic rings. The van der Waals surface area contributed by atoms with Crippen LogP contribution in [0, 0.1) is 6.92 Å². The third kappa shape index (κ3) is 2.91. The highest BCUT2D eigenvalue weighted by Crippen LogP contribution is 2.26. The van der Waals surface area contributed by atoms with Crippen molar-refractivity contribution in [2.24, 2.45) is 0 Å². The van der Waals surface area contributed by atoms with Gasteiger partial charge in [0.25, 0.3) is 0 Å². The summed E-state index contributed by atoms with van der Waals surface area (Å²) in [6, 6.07) is 10.4. The molecule has 1 amide bonds. The van der Waals surface area contributed by atoms with Crippen molar-refractivity contribution in [3.8, 4) is 0 Å². The van der Waals surface area contributed by atoms with Crippen LogP contribution in [0.1, 0.15) is 16.0 Å². The van der Waals surface area contributed by atoms with Gasteiger partial charge in [0.05, 0.1) is 5.75 Å². The van der Waals surface area contributed by atoms with Crippen LogP contribution in [0.2, 0.25) is 0 Å². The molecular formula is C16H17NOS2. The van der Waals surface area contributed by atoms with Crippen LogP contribution in [0.3, 0.4) is 0 Å². The van der Waals surface area contributed by atoms with Crippen LogP contribution >= 0.6 is 23.1 Å². The van der Waals surface area contributed by atoms with Gasteiger partial charge in [0.2, 0.25) is 5.91 Å². The molecule has 1 aromatic carbocycles. The summed E-state index contributed by atoms with van der Waals surface area (Å²) in [6.07, 6.45) is 1.01. The van der Waals surface area contributed by atoms with Gasteiger partial charge in [-0.25, -0.2) is 0 Å². The second kappa shape index (κ2) is 6.02. The zero-order chi connectivity index (χ0) is 13.9. The van der Waals surface area contributed by atoms with Crippen molar-refractivity contribution in [2.75, 3.05) is 12.3 Å². The van der Waals surface area contributed by atoms with Gasteiger partial charge in [-0.2, -0.15) is 0 Å². The molecule has 0 atom stereocenters. The summed E-state index contributed by atoms with van der Waals surface area (Å²) in [5, 5.41) is 2.13. The van der Waals surface area contributed by atoms with Crippen molar-refractivity contribution in [1.29, 1.82) is 0 Å². The second-order valence-corrected chi connectivity index (χ2v) is 7.01. The number of aryl methyl sites for hydroxylation is 1. The molecule has 0 radical (unpaired) electrons. The van der Waals surface area contributed by atoms with Gasteiger partial charge in [0, 0.05) is 22.9 Å². The topological polar surface area (TPSA) is 20.3 Å². The fourth-order valence-electron chi connectivity index (χ4n) is 2.41. The number of thiophene rings is 1. The Labute approximate surface area is 127 Å². The van der Waals surface area contributed by atoms with E-state index in [2.05, 4.69) is 30.5 Å². The summed E-state index contributed by atoms with van der Waals surface area (Å²) in [5.41, 5.74) is 2.57. The summed E-state index contributed by atoms with van der Waals surface area (Å²) < 4.78 is 0. The number of rotatable bonds is 3. The second-order valence-electron chi connectivity index (χ2n) is 4.99. The third-order valence-corrected chi connectivity index (χ3v) is 5.79. The molecule has 0 saturated heterocycles. The fraction of sp³-hybridized carbons (Fsp3) is 0.312. The minimum Gasteiger partial charge on any atom is -0.337 e. The van der Waals surface area contributed by atoms with Gasteiger partial charge in [-0.1, -0.05) is 18.2 Å². The highest BCUT2D eigenvalue weighted by atomic mass is 32.2. The third-order valence-electron chi connectivity index (χ3n) is 3.61. The summed E-state index contributed by atoms with van der Waals surface area (Å²) in [7, 11) is 0. The lowest BCUT2D eigenvalue weighted by atomic mass is 10.1. The van der Waals surface area contributed by atoms with E-state index in [0.717, 1.165) is 19.5 Å². The first-order chi connectivity index (χ1) is 9.74. The Morgan fingerprint density at radius 1 is 1.35 bits per heavy atom. The van der Waals surface area contributed by atoms with Crippen molar-refractivity contribution < 1.29 is 4.79 Å². The van der Waals surface area contributed by atoms with E-state index >= 15 is 0 Å². The first kappa shape index (κ1) is 13.7. The Hall–Kier alpha value is -1.26. The van der Waals surface area contributed by atoms with Gasteiger partial charge in [-0.15, -0.1) is 23.1 Å². The zero-order valence-electron chi connectivity index (χ0n) is 11.5. The standard InChI is InChI=1S/C16H17NOS2/c1-12-4-2-3-5-14(12)20-11-16(18)17-8-6-15-13(10-17)7-9-19-15/h2-5,7,9H,6,8,10-11H2,1H3. The van der Waals surface area contributed by atoms with Crippen molar-refractivity contribution >= 4 is 29.0 Å². The van der Waals surface area contributed by atoms with E-state index < -0.39 is 0 Å². The van der Waals surface area contributed by atoms with Crippen LogP contribution in [0.15, 0.2) is 40.6 Å². The average molecular weight is 303 g/mol. The monoisotopic (exact) mass is 303 g/mol. The Kier molecular flexibility index (Phi) is 4.13. The molecule has 0 N–H and O–H groups in total. The molecule has 0 bridgehead atoms. The number of benzene rings is 1. The molecule has 0 spiro atoms. The fourth-order valence-corrected chi connectivity index (χ4v) is 4.23. The minimum atomic E-state index is 0.245. The first-order valence-corrected chi connectivity index (χ1v) is 8.62. The number of carbonyl (C=O) groups is 1. The molecule has 104 valence electrons. The normalized spacial score (nSPS) is 14.2. The lowest BCUT2D eigenvalue weighted by molar-refractivity contribution is -0.129. The molecular weight excluding hydrogens is 286 g/mol. The van der Waals surface area contributed by atoms with Crippen LogP contribution in [0.25, 0.3) is 0 Å². The quantitative estimate of drug-likeness (QED) is 0.805. The van der Waals surface area contributed by atoms with E-state index in [1.807, 2.05) is 28.4 Å². The lowest BCUT2D eigenvalue weighted by Gasteiger charge is -2.27. The van der Waals surface area contributed by atoms with E-state index in [-0.39, 0.29) is 5.91 Å². The molecule has 1 aliphatic heterocycles. The van der Waals surface area contributed by atoms with E-state index in [1.54, 1.807) is 11.8 Å². The molecule has 0 unspecified atom stereocenters. The summed E-state index contributed by atoms with van der Waals surface area (Å²) in [6.45, 7) is 3.73. The van der Waals surface area contributed by atoms with E-state index in [4.69, 9.17) is 0 Å². The summed E-state index contributed by atoms with van der Waals surface area (Å²) >= 11 is 3.45. The van der Waals surface area contributed by atoms with Gasteiger partial charge in [-0.05, 0) is 42.0 Å². The van der Waals surface area contributed by atoms with Crippen molar-refractivity contribution in [2.45, 2.75) is 24.8 Å². The van der Waals surface area contributed by atoms with Crippen LogP contribution in [0.5, 0.6) is 0 Å². The SMILES string of the molecule is Cc1ccccc1SCC(=O)N1CCc2sccc2C1. The van der Waals surface area contributed by atoms with Gasteiger partial charge < -0.3 is 4.90 Å². The summed E-state index contributed by atoms with van der Waals surface area (Å²) in [4.78, 5) is 17.0. The molecule has 3 rings (SSSR count). The predicted molar refractivity (Wildman–Crippen MR) is 85.3 cm³/mol. The number of carbonyl (C=O) groups excluding carboxylic acids is 1. The highest BCUT2D eigenvalue weighted by molar-refractivity contribution is 8.00. The van der Waals surface area contributed by atoms with E-state index in [9.17, 15) is 4.79 Å². The smallest absolute Gasteiger partial charge is 0.233 e. The number of hydrogen-bond acceptors (Lipinski definition) is 3. The van der Waals surface area contributed by atoms with Gasteiger partial charge >= 0.3 is 0 Å². The molecule has 0 fully saturated rings. The van der Waals surface area contributed by atoms with Gasteiger partial charge in [-0.3, -0.25) is 4.79 Å². The molecule has 1 aromatic heterocycles. The summed E-state index contributed by atoms with van der Waals surface area (Å²) in [5.74, 6) is 0.778. The molecule has 4 heteroatoms. The predicted octanol–water partition coefficient (Wildman–Crippen LogP) is 3.73. The Morgan fingerprint density at radius 2 is 2.20 bits per heavy atom. The molecule has 20 heavy (non-hydrogen) atoms. The largest absolute Gasteiger partial charge is 0.337 e. The van der Waals surface area contributed by atoms with Gasteiger partial charge in [0.15, 0.2) is 0 Å². The number of fused-ring (bicyclic) bond motifs is 1. The maximum Gasteiger partial charge on any atom is 0.233 e. The molecule has 1 aliphatic rings. The van der Waals surface area contributed by atoms with Crippen molar-refractivity contribution in [3.05, 3.63) is 51.7 Å². The van der Waals surface area contributed by atoms with Crippen LogP contribution in [-0.2, 0) is 17.8 Å². The number of hydrogen-bond donors (Lipinski definition) is 0. The minimum absolute atomic E-state index is 0.245. The van der Waals surface area contributed by atoms with Gasteiger partial charge in [0.1, 0.15) is 0 Å². The number of thioether (sulfide) groups is 1. The lowest BCUT2D eigenvalue weighted by Crippen LogP contribution is -2.36. The molecule has 2 heterocycles. The average Bonchev–Trinajstić information content (AvgIpc) is 2.93. The Balaban J connectivity index is 1.59. The highest BCUT2D eigenvalue weighted by Gasteiger charge is 2.21. The van der Waals surface area contributed by atoms with E-state index in [1.165, 1.54) is 20.9 Å². The maximum absolute atomic E-state index is 12.3. The molecule has 0 aliphatic carbocycles. The molecule has 0 saturated carbocycles. The Bertz CT molecular complexity index is 620. The van der Waals surface area contributed by atoms with Crippen molar-refractivity contribution in [1.82, 2.24) is 4.90 Å². The van der Waals surface area contributed by atoms with Crippen molar-refractivity contribution in [3.63, 3.8) is 0 Å². The van der Waals surface area contributed by atoms with Crippen LogP contribution in [0.4, 0.5) is 0 Å². The molecule has 2 nitrogen and oxygen atoms in total.